The van der Waals surface area contributed by atoms with Crippen molar-refractivity contribution in [2.24, 2.45) is 0 Å². The Morgan fingerprint density at radius 3 is 1.13 bits per heavy atom. The SMILES string of the molecule is Brc1ccc(-c2cccc(-c3ccc4c(c3)c3ccccc3n4-c3ccc(-c4ccccc4)cc3)c2)cc1.Brc1ccc(-c2cccc(I)c2)cc1.C.CC1(C)OB(c2ccc3c(c2)c2ccccc2n3-c2ccc(-c3ccccc3)cc2)OC1(C)C. The highest BCUT2D eigenvalue weighted by molar-refractivity contribution is 14.1. The first-order valence-electron chi connectivity index (χ1n) is 29.0. The first-order valence-corrected chi connectivity index (χ1v) is 31.6. The molecule has 15 rings (SSSR count). The molecule has 1 aliphatic rings. The fourth-order valence-corrected chi connectivity index (χ4v) is 12.6. The maximum absolute atomic E-state index is 6.33. The molecule has 0 unspecified atom stereocenters. The molecule has 3 heterocycles. The van der Waals surface area contributed by atoms with Gasteiger partial charge in [-0.25, -0.2) is 0 Å². The van der Waals surface area contributed by atoms with Crippen LogP contribution < -0.4 is 5.46 Å². The van der Waals surface area contributed by atoms with Crippen LogP contribution in [0.3, 0.4) is 0 Å². The third-order valence-electron chi connectivity index (χ3n) is 16.7. The van der Waals surface area contributed by atoms with Gasteiger partial charge in [0, 0.05) is 45.4 Å². The van der Waals surface area contributed by atoms with E-state index in [1.165, 1.54) is 109 Å². The summed E-state index contributed by atoms with van der Waals surface area (Å²) in [5.41, 5.74) is 19.7. The van der Waals surface area contributed by atoms with Crippen molar-refractivity contribution in [2.75, 3.05) is 0 Å². The van der Waals surface area contributed by atoms with Crippen LogP contribution in [-0.4, -0.2) is 27.5 Å². The van der Waals surface area contributed by atoms with E-state index in [0.717, 1.165) is 20.1 Å². The number of rotatable bonds is 8. The number of para-hydroxylation sites is 2. The lowest BCUT2D eigenvalue weighted by Gasteiger charge is -2.32. The average Bonchev–Trinajstić information content (AvgIpc) is 1.79. The van der Waals surface area contributed by atoms with Crippen LogP contribution in [-0.2, 0) is 9.31 Å². The Morgan fingerprint density at radius 2 is 0.644 bits per heavy atom. The Bertz CT molecular complexity index is 4700. The van der Waals surface area contributed by atoms with Gasteiger partial charge >= 0.3 is 7.12 Å². The molecule has 14 aromatic rings. The van der Waals surface area contributed by atoms with Crippen LogP contribution in [0.4, 0.5) is 0 Å². The van der Waals surface area contributed by atoms with Gasteiger partial charge in [0.05, 0.1) is 33.3 Å². The standard InChI is InChI=1S/C36H24BrN.C30H28BNO2.C12H8BrI.CH4/c37-31-18-13-27(14-19-31)28-9-6-10-29(23-28)30-17-22-36-34(24-30)33-11-4-5-12-35(33)38(36)32-20-15-26(16-21-32)25-7-2-1-3-8-25;1-29(2)30(3,4)34-31(33-29)23-16-19-28-26(20-23)25-12-8-9-13-27(25)32(28)24-17-14-22(15-18-24)21-10-6-5-7-11-21;13-11-6-4-9(5-7-11)10-2-1-3-12(14)8-10;/h1-24H;5-20H,1-4H3;1-8H;1H4. The second kappa shape index (κ2) is 25.3. The summed E-state index contributed by atoms with van der Waals surface area (Å²) in [6, 6.07) is 104. The molecule has 1 saturated heterocycles. The topological polar surface area (TPSA) is 28.3 Å². The van der Waals surface area contributed by atoms with Crippen LogP contribution in [0.25, 0.3) is 111 Å². The Balaban J connectivity index is 0.000000139. The predicted octanol–water partition coefficient (Wildman–Crippen LogP) is 22.7. The van der Waals surface area contributed by atoms with Crippen LogP contribution in [0.2, 0.25) is 0 Å². The highest BCUT2D eigenvalue weighted by atomic mass is 127. The van der Waals surface area contributed by atoms with Gasteiger partial charge in [0.15, 0.2) is 0 Å². The molecule has 8 heteroatoms. The molecule has 0 amide bonds. The Kier molecular flexibility index (Phi) is 17.2. The largest absolute Gasteiger partial charge is 0.494 e. The molecule has 0 bridgehead atoms. The molecule has 1 aliphatic heterocycles. The molecule has 2 aromatic heterocycles. The van der Waals surface area contributed by atoms with Crippen LogP contribution >= 0.6 is 54.5 Å². The van der Waals surface area contributed by atoms with Gasteiger partial charge in [0.2, 0.25) is 0 Å². The summed E-state index contributed by atoms with van der Waals surface area (Å²) in [6.07, 6.45) is 0. The Morgan fingerprint density at radius 1 is 0.310 bits per heavy atom. The molecule has 1 fully saturated rings. The lowest BCUT2D eigenvalue weighted by molar-refractivity contribution is 0.00578. The molecule has 426 valence electrons. The second-order valence-electron chi connectivity index (χ2n) is 22.7. The molecular weight excluding hydrogens is 1310 g/mol. The lowest BCUT2D eigenvalue weighted by atomic mass is 9.78. The number of fused-ring (bicyclic) bond motifs is 6. The zero-order valence-corrected chi connectivity index (χ0v) is 53.5. The summed E-state index contributed by atoms with van der Waals surface area (Å²) in [4.78, 5) is 0. The Hall–Kier alpha value is -8.09. The number of aromatic nitrogens is 2. The number of hydrogen-bond donors (Lipinski definition) is 0. The first-order chi connectivity index (χ1) is 41.8. The number of benzene rings is 12. The molecule has 12 aromatic carbocycles. The van der Waals surface area contributed by atoms with Crippen molar-refractivity contribution in [1.29, 1.82) is 0 Å². The normalized spacial score (nSPS) is 13.2. The van der Waals surface area contributed by atoms with Crippen LogP contribution in [0.15, 0.2) is 300 Å². The molecule has 0 radical (unpaired) electrons. The molecule has 0 aliphatic carbocycles. The van der Waals surface area contributed by atoms with Gasteiger partial charge in [0.1, 0.15) is 0 Å². The molecule has 0 atom stereocenters. The molecule has 4 nitrogen and oxygen atoms in total. The van der Waals surface area contributed by atoms with E-state index in [2.05, 4.69) is 376 Å². The van der Waals surface area contributed by atoms with Crippen molar-refractivity contribution in [3.63, 3.8) is 0 Å². The fourth-order valence-electron chi connectivity index (χ4n) is 11.5. The summed E-state index contributed by atoms with van der Waals surface area (Å²) in [5.74, 6) is 0. The number of hydrogen-bond acceptors (Lipinski definition) is 2. The quantitative estimate of drug-likeness (QED) is 0.112. The smallest absolute Gasteiger partial charge is 0.399 e. The maximum Gasteiger partial charge on any atom is 0.494 e. The third-order valence-corrected chi connectivity index (χ3v) is 18.5. The second-order valence-corrected chi connectivity index (χ2v) is 25.8. The summed E-state index contributed by atoms with van der Waals surface area (Å²) >= 11 is 9.30. The monoisotopic (exact) mass is 1370 g/mol. The third kappa shape index (κ3) is 12.3. The fraction of sp³-hybridized carbons (Fsp3) is 0.0886. The van der Waals surface area contributed by atoms with Crippen LogP contribution in [0.1, 0.15) is 35.1 Å². The molecule has 0 spiro atoms. The molecular formula is C79H64BBr2IN2O2. The lowest BCUT2D eigenvalue weighted by Crippen LogP contribution is -2.41. The summed E-state index contributed by atoms with van der Waals surface area (Å²) in [5, 5.41) is 4.96. The van der Waals surface area contributed by atoms with Crippen LogP contribution in [0, 0.1) is 3.57 Å². The van der Waals surface area contributed by atoms with E-state index in [4.69, 9.17) is 9.31 Å². The van der Waals surface area contributed by atoms with E-state index >= 15 is 0 Å². The van der Waals surface area contributed by atoms with E-state index in [-0.39, 0.29) is 25.7 Å². The van der Waals surface area contributed by atoms with Gasteiger partial charge in [-0.15, -0.1) is 0 Å². The van der Waals surface area contributed by atoms with Crippen LogP contribution in [0.5, 0.6) is 0 Å². The van der Waals surface area contributed by atoms with E-state index in [1.54, 1.807) is 0 Å². The van der Waals surface area contributed by atoms with E-state index < -0.39 is 0 Å². The minimum atomic E-state index is -0.373. The van der Waals surface area contributed by atoms with E-state index in [9.17, 15) is 0 Å². The van der Waals surface area contributed by atoms with Gasteiger partial charge in [-0.2, -0.15) is 0 Å². The van der Waals surface area contributed by atoms with Crippen molar-refractivity contribution in [1.82, 2.24) is 9.13 Å². The number of nitrogens with zero attached hydrogens (tertiary/aromatic N) is 2. The highest BCUT2D eigenvalue weighted by Crippen LogP contribution is 2.40. The van der Waals surface area contributed by atoms with Gasteiger partial charge in [-0.3, -0.25) is 0 Å². The van der Waals surface area contributed by atoms with Crippen molar-refractivity contribution in [2.45, 2.75) is 46.3 Å². The molecule has 0 N–H and O–H groups in total. The van der Waals surface area contributed by atoms with Gasteiger partial charge in [-0.05, 0) is 208 Å². The highest BCUT2D eigenvalue weighted by Gasteiger charge is 2.51. The molecule has 0 saturated carbocycles. The number of halogens is 3. The van der Waals surface area contributed by atoms with Gasteiger partial charge in [-0.1, -0.05) is 233 Å². The van der Waals surface area contributed by atoms with Crippen molar-refractivity contribution in [3.05, 3.63) is 304 Å². The predicted molar refractivity (Wildman–Crippen MR) is 386 cm³/mol. The van der Waals surface area contributed by atoms with Crippen molar-refractivity contribution < 1.29 is 9.31 Å². The summed E-state index contributed by atoms with van der Waals surface area (Å²) in [6.45, 7) is 8.38. The Labute approximate surface area is 541 Å². The van der Waals surface area contributed by atoms with Crippen molar-refractivity contribution >= 4 is 111 Å². The minimum absolute atomic E-state index is 0. The van der Waals surface area contributed by atoms with Gasteiger partial charge < -0.3 is 18.4 Å². The summed E-state index contributed by atoms with van der Waals surface area (Å²) < 4.78 is 20.9. The van der Waals surface area contributed by atoms with Crippen molar-refractivity contribution in [3.8, 4) is 67.0 Å². The first kappa shape index (κ1) is 59.3. The minimum Gasteiger partial charge on any atom is -0.399 e. The zero-order chi connectivity index (χ0) is 58.9. The zero-order valence-electron chi connectivity index (χ0n) is 48.1. The average molecular weight is 1370 g/mol. The summed E-state index contributed by atoms with van der Waals surface area (Å²) in [7, 11) is -0.373. The molecule has 87 heavy (non-hydrogen) atoms. The maximum atomic E-state index is 6.33. The van der Waals surface area contributed by atoms with Gasteiger partial charge in [0.25, 0.3) is 0 Å². The van der Waals surface area contributed by atoms with E-state index in [0.29, 0.717) is 0 Å². The van der Waals surface area contributed by atoms with E-state index in [1.807, 2.05) is 6.07 Å².